The number of nitrogens with zero attached hydrogens (tertiary/aromatic N) is 2. The molecule has 10 heavy (non-hydrogen) atoms. The van der Waals surface area contributed by atoms with Crippen molar-refractivity contribution in [3.05, 3.63) is 24.6 Å². The Balaban J connectivity index is 2.68. The SMILES string of the molecule is C=C(C(=O)O)C1=NC=C[N]1. The van der Waals surface area contributed by atoms with E-state index in [-0.39, 0.29) is 11.4 Å². The van der Waals surface area contributed by atoms with Gasteiger partial charge in [0.1, 0.15) is 0 Å². The zero-order chi connectivity index (χ0) is 7.56. The Morgan fingerprint density at radius 2 is 2.30 bits per heavy atom. The first kappa shape index (κ1) is 6.54. The third-order valence-electron chi connectivity index (χ3n) is 0.988. The lowest BCUT2D eigenvalue weighted by Crippen LogP contribution is -2.15. The van der Waals surface area contributed by atoms with Crippen molar-refractivity contribution < 1.29 is 9.90 Å². The highest BCUT2D eigenvalue weighted by molar-refractivity contribution is 6.18. The van der Waals surface area contributed by atoms with Crippen molar-refractivity contribution in [1.29, 1.82) is 0 Å². The third kappa shape index (κ3) is 1.05. The molecular formula is C6H5N2O2. The largest absolute Gasteiger partial charge is 0.478 e. The van der Waals surface area contributed by atoms with Crippen LogP contribution >= 0.6 is 0 Å². The first-order valence-electron chi connectivity index (χ1n) is 2.58. The Labute approximate surface area is 57.6 Å². The second-order valence-electron chi connectivity index (χ2n) is 1.66. The summed E-state index contributed by atoms with van der Waals surface area (Å²) in [4.78, 5) is 13.9. The summed E-state index contributed by atoms with van der Waals surface area (Å²) in [5.41, 5.74) is -0.0787. The van der Waals surface area contributed by atoms with Gasteiger partial charge in [-0.1, -0.05) is 6.58 Å². The molecule has 1 radical (unpaired) electrons. The minimum absolute atomic E-state index is 0.0787. The molecule has 0 aliphatic carbocycles. The maximum absolute atomic E-state index is 10.2. The van der Waals surface area contributed by atoms with Gasteiger partial charge in [0.05, 0.1) is 5.57 Å². The van der Waals surface area contributed by atoms with E-state index in [0.29, 0.717) is 0 Å². The fraction of sp³-hybridized carbons (Fsp3) is 0. The Kier molecular flexibility index (Phi) is 1.53. The summed E-state index contributed by atoms with van der Waals surface area (Å²) >= 11 is 0. The molecule has 0 saturated heterocycles. The summed E-state index contributed by atoms with van der Waals surface area (Å²) in [5.74, 6) is -0.918. The topological polar surface area (TPSA) is 63.8 Å². The van der Waals surface area contributed by atoms with Crippen LogP contribution in [0.3, 0.4) is 0 Å². The Hall–Kier alpha value is -1.58. The molecule has 0 amide bonds. The minimum atomic E-state index is -1.09. The van der Waals surface area contributed by atoms with Gasteiger partial charge in [-0.15, -0.1) is 0 Å². The first-order valence-corrected chi connectivity index (χ1v) is 2.58. The summed E-state index contributed by atoms with van der Waals surface area (Å²) < 4.78 is 0. The first-order chi connectivity index (χ1) is 4.72. The lowest BCUT2D eigenvalue weighted by Gasteiger charge is -1.95. The molecule has 1 N–H and O–H groups in total. The molecule has 0 aromatic carbocycles. The molecule has 0 saturated carbocycles. The van der Waals surface area contributed by atoms with Gasteiger partial charge in [0.15, 0.2) is 5.84 Å². The van der Waals surface area contributed by atoms with E-state index in [0.717, 1.165) is 0 Å². The molecule has 0 spiro atoms. The highest BCUT2D eigenvalue weighted by Gasteiger charge is 2.13. The van der Waals surface area contributed by atoms with E-state index in [2.05, 4.69) is 16.9 Å². The van der Waals surface area contributed by atoms with Gasteiger partial charge in [0, 0.05) is 12.4 Å². The molecule has 4 nitrogen and oxygen atoms in total. The monoisotopic (exact) mass is 137 g/mol. The molecule has 4 heteroatoms. The van der Waals surface area contributed by atoms with Crippen LogP contribution in [-0.2, 0) is 4.79 Å². The number of hydrogen-bond donors (Lipinski definition) is 1. The summed E-state index contributed by atoms with van der Waals surface area (Å²) in [6.45, 7) is 3.27. The van der Waals surface area contributed by atoms with E-state index in [1.807, 2.05) is 0 Å². The highest BCUT2D eigenvalue weighted by atomic mass is 16.4. The maximum atomic E-state index is 10.2. The number of hydrogen-bond acceptors (Lipinski definition) is 2. The number of carboxylic acids is 1. The third-order valence-corrected chi connectivity index (χ3v) is 0.988. The van der Waals surface area contributed by atoms with Crippen molar-refractivity contribution in [2.24, 2.45) is 4.99 Å². The normalized spacial score (nSPS) is 14.2. The van der Waals surface area contributed by atoms with Gasteiger partial charge in [-0.25, -0.2) is 15.1 Å². The lowest BCUT2D eigenvalue weighted by molar-refractivity contribution is -0.132. The molecule has 0 aromatic rings. The molecule has 51 valence electrons. The summed E-state index contributed by atoms with van der Waals surface area (Å²) in [6.07, 6.45) is 2.84. The number of aliphatic imine (C=N–C) groups is 1. The van der Waals surface area contributed by atoms with Crippen molar-refractivity contribution >= 4 is 11.8 Å². The molecule has 0 bridgehead atoms. The fourth-order valence-corrected chi connectivity index (χ4v) is 0.493. The second-order valence-corrected chi connectivity index (χ2v) is 1.66. The average molecular weight is 137 g/mol. The molecule has 0 aromatic heterocycles. The van der Waals surface area contributed by atoms with Crippen LogP contribution in [0.1, 0.15) is 0 Å². The van der Waals surface area contributed by atoms with Gasteiger partial charge in [0.25, 0.3) is 0 Å². The van der Waals surface area contributed by atoms with Gasteiger partial charge in [-0.05, 0) is 0 Å². The van der Waals surface area contributed by atoms with Gasteiger partial charge in [-0.3, -0.25) is 0 Å². The quantitative estimate of drug-likeness (QED) is 0.549. The van der Waals surface area contributed by atoms with Crippen LogP contribution < -0.4 is 5.32 Å². The number of carboxylic acid groups (broad SMARTS) is 1. The average Bonchev–Trinajstić information content (AvgIpc) is 2.36. The second kappa shape index (κ2) is 2.34. The Morgan fingerprint density at radius 3 is 2.70 bits per heavy atom. The molecule has 1 aliphatic rings. The fourth-order valence-electron chi connectivity index (χ4n) is 0.493. The van der Waals surface area contributed by atoms with Crippen LogP contribution in [0.5, 0.6) is 0 Å². The van der Waals surface area contributed by atoms with E-state index < -0.39 is 5.97 Å². The molecule has 1 heterocycles. The van der Waals surface area contributed by atoms with E-state index in [1.54, 1.807) is 0 Å². The van der Waals surface area contributed by atoms with Crippen molar-refractivity contribution in [1.82, 2.24) is 5.32 Å². The van der Waals surface area contributed by atoms with Gasteiger partial charge < -0.3 is 5.11 Å². The highest BCUT2D eigenvalue weighted by Crippen LogP contribution is 1.99. The molecule has 0 unspecified atom stereocenters. The van der Waals surface area contributed by atoms with Crippen LogP contribution in [0.4, 0.5) is 0 Å². The van der Waals surface area contributed by atoms with Gasteiger partial charge in [-0.2, -0.15) is 0 Å². The van der Waals surface area contributed by atoms with Crippen molar-refractivity contribution in [2.75, 3.05) is 0 Å². The summed E-state index contributed by atoms with van der Waals surface area (Å²) in [7, 11) is 0. The number of amidine groups is 1. The molecule has 0 atom stereocenters. The van der Waals surface area contributed by atoms with E-state index in [1.165, 1.54) is 12.4 Å². The summed E-state index contributed by atoms with van der Waals surface area (Å²) in [6, 6.07) is 0. The number of carbonyl (C=O) groups is 1. The van der Waals surface area contributed by atoms with E-state index in [4.69, 9.17) is 5.11 Å². The van der Waals surface area contributed by atoms with Crippen LogP contribution in [-0.4, -0.2) is 16.9 Å². The van der Waals surface area contributed by atoms with Crippen LogP contribution in [0.25, 0.3) is 0 Å². The smallest absolute Gasteiger partial charge is 0.338 e. The van der Waals surface area contributed by atoms with E-state index in [9.17, 15) is 4.79 Å². The summed E-state index contributed by atoms with van der Waals surface area (Å²) in [5, 5.41) is 12.0. The Morgan fingerprint density at radius 1 is 1.60 bits per heavy atom. The number of rotatable bonds is 2. The van der Waals surface area contributed by atoms with Crippen LogP contribution in [0, 0.1) is 0 Å². The number of aliphatic carboxylic acids is 1. The van der Waals surface area contributed by atoms with Crippen molar-refractivity contribution in [2.45, 2.75) is 0 Å². The molecule has 1 aliphatic heterocycles. The molecule has 1 rings (SSSR count). The predicted molar refractivity (Wildman–Crippen MR) is 35.5 cm³/mol. The van der Waals surface area contributed by atoms with Crippen molar-refractivity contribution in [3.63, 3.8) is 0 Å². The molecular weight excluding hydrogens is 132 g/mol. The van der Waals surface area contributed by atoms with E-state index >= 15 is 0 Å². The zero-order valence-corrected chi connectivity index (χ0v) is 5.11. The predicted octanol–water partition coefficient (Wildman–Crippen LogP) is 0.115. The molecule has 0 fully saturated rings. The van der Waals surface area contributed by atoms with Gasteiger partial charge >= 0.3 is 5.97 Å². The standard InChI is InChI=1S/C6H5N2O2/c1-4(6(9)10)5-7-2-3-8-5/h2-3H,1H2,(H,9,10). The van der Waals surface area contributed by atoms with Gasteiger partial charge in [0.2, 0.25) is 0 Å². The maximum Gasteiger partial charge on any atom is 0.338 e. The lowest BCUT2D eigenvalue weighted by atomic mass is 10.3. The van der Waals surface area contributed by atoms with Crippen molar-refractivity contribution in [3.8, 4) is 0 Å². The van der Waals surface area contributed by atoms with Crippen LogP contribution in [0.2, 0.25) is 0 Å². The van der Waals surface area contributed by atoms with Crippen LogP contribution in [0.15, 0.2) is 29.5 Å². The minimum Gasteiger partial charge on any atom is -0.478 e. The Bertz CT molecular complexity index is 240. The zero-order valence-electron chi connectivity index (χ0n) is 5.11.